The number of amides is 2. The topological polar surface area (TPSA) is 93.1 Å². The molecule has 2 aromatic rings. The van der Waals surface area contributed by atoms with Gasteiger partial charge in [-0.3, -0.25) is 14.4 Å². The number of carboxylic acids is 1. The number of anilines is 1. The van der Waals surface area contributed by atoms with Crippen LogP contribution in [0.15, 0.2) is 47.4 Å². The number of rotatable bonds is 7. The third kappa shape index (κ3) is 4.72. The van der Waals surface area contributed by atoms with Crippen LogP contribution in [0.4, 0.5) is 10.5 Å². The number of carbonyl (C=O) groups excluding carboxylic acids is 2. The lowest BCUT2D eigenvalue weighted by molar-refractivity contribution is -0.137. The van der Waals surface area contributed by atoms with Crippen molar-refractivity contribution in [1.29, 1.82) is 0 Å². The summed E-state index contributed by atoms with van der Waals surface area (Å²) in [6.45, 7) is 0.00175. The highest BCUT2D eigenvalue weighted by atomic mass is 35.5. The molecule has 1 aliphatic heterocycles. The minimum absolute atomic E-state index is 0.00175. The van der Waals surface area contributed by atoms with Crippen molar-refractivity contribution in [2.24, 2.45) is 0 Å². The molecule has 0 radical (unpaired) electrons. The van der Waals surface area contributed by atoms with E-state index in [9.17, 15) is 14.4 Å². The summed E-state index contributed by atoms with van der Waals surface area (Å²) >= 11 is 6.94. The fraction of sp³-hybridized carbons (Fsp3) is 0.150. The lowest BCUT2D eigenvalue weighted by Crippen LogP contribution is -2.27. The van der Waals surface area contributed by atoms with Gasteiger partial charge in [0.05, 0.1) is 35.8 Å². The molecule has 0 unspecified atom stereocenters. The minimum atomic E-state index is -0.963. The Labute approximate surface area is 175 Å². The van der Waals surface area contributed by atoms with Crippen molar-refractivity contribution < 1.29 is 29.0 Å². The second-order valence-corrected chi connectivity index (χ2v) is 7.27. The Kier molecular flexibility index (Phi) is 6.46. The number of nitrogens with zero attached hydrogens (tertiary/aromatic N) is 1. The maximum atomic E-state index is 12.7. The first kappa shape index (κ1) is 20.8. The molecule has 1 aliphatic rings. The van der Waals surface area contributed by atoms with Gasteiger partial charge in [-0.15, -0.1) is 0 Å². The van der Waals surface area contributed by atoms with Crippen LogP contribution in [0.1, 0.15) is 12.0 Å². The predicted molar refractivity (Wildman–Crippen MR) is 111 cm³/mol. The van der Waals surface area contributed by atoms with Crippen molar-refractivity contribution in [1.82, 2.24) is 0 Å². The number of carbonyl (C=O) groups is 3. The predicted octanol–water partition coefficient (Wildman–Crippen LogP) is 4.44. The second-order valence-electron chi connectivity index (χ2n) is 5.87. The van der Waals surface area contributed by atoms with Gasteiger partial charge in [0, 0.05) is 0 Å². The molecule has 29 heavy (non-hydrogen) atoms. The number of aliphatic carboxylic acids is 1. The van der Waals surface area contributed by atoms with E-state index in [1.165, 1.54) is 7.11 Å². The molecule has 2 amide bonds. The number of carboxylic acid groups (broad SMARTS) is 1. The zero-order valence-corrected chi connectivity index (χ0v) is 16.8. The van der Waals surface area contributed by atoms with Gasteiger partial charge in [0.25, 0.3) is 11.1 Å². The molecule has 150 valence electrons. The van der Waals surface area contributed by atoms with Gasteiger partial charge in [0.1, 0.15) is 0 Å². The van der Waals surface area contributed by atoms with Crippen LogP contribution in [0.3, 0.4) is 0 Å². The van der Waals surface area contributed by atoms with Crippen LogP contribution >= 0.6 is 23.4 Å². The highest BCUT2D eigenvalue weighted by molar-refractivity contribution is 8.19. The highest BCUT2D eigenvalue weighted by Crippen LogP contribution is 2.39. The van der Waals surface area contributed by atoms with Crippen LogP contribution in [0.5, 0.6) is 11.5 Å². The molecular weight excluding hydrogens is 418 g/mol. The molecule has 1 N–H and O–H groups in total. The quantitative estimate of drug-likeness (QED) is 0.645. The van der Waals surface area contributed by atoms with Crippen LogP contribution in [-0.2, 0) is 9.59 Å². The van der Waals surface area contributed by atoms with E-state index in [0.29, 0.717) is 27.8 Å². The summed E-state index contributed by atoms with van der Waals surface area (Å²) in [7, 11) is 1.45. The molecule has 0 saturated carbocycles. The Morgan fingerprint density at radius 2 is 1.97 bits per heavy atom. The van der Waals surface area contributed by atoms with Gasteiger partial charge >= 0.3 is 5.97 Å². The van der Waals surface area contributed by atoms with Gasteiger partial charge < -0.3 is 14.6 Å². The Balaban J connectivity index is 1.83. The van der Waals surface area contributed by atoms with Crippen LogP contribution in [0.25, 0.3) is 6.08 Å². The molecule has 0 spiro atoms. The lowest BCUT2D eigenvalue weighted by Gasteiger charge is -2.13. The number of hydrogen-bond acceptors (Lipinski definition) is 6. The highest BCUT2D eigenvalue weighted by Gasteiger charge is 2.37. The largest absolute Gasteiger partial charge is 0.493 e. The Morgan fingerprint density at radius 1 is 1.21 bits per heavy atom. The number of methoxy groups -OCH3 is 1. The molecule has 0 aliphatic carbocycles. The van der Waals surface area contributed by atoms with Gasteiger partial charge in [-0.1, -0.05) is 29.8 Å². The van der Waals surface area contributed by atoms with Gasteiger partial charge in [0.2, 0.25) is 0 Å². The molecule has 1 fully saturated rings. The number of para-hydroxylation sites is 1. The summed E-state index contributed by atoms with van der Waals surface area (Å²) in [4.78, 5) is 37.0. The third-order valence-electron chi connectivity index (χ3n) is 3.95. The Bertz CT molecular complexity index is 1010. The average molecular weight is 434 g/mol. The number of imide groups is 1. The fourth-order valence-electron chi connectivity index (χ4n) is 2.60. The van der Waals surface area contributed by atoms with Crippen molar-refractivity contribution in [2.75, 3.05) is 18.6 Å². The molecule has 1 saturated heterocycles. The molecule has 0 bridgehead atoms. The van der Waals surface area contributed by atoms with Crippen LogP contribution in [-0.4, -0.2) is 35.9 Å². The van der Waals surface area contributed by atoms with Crippen molar-refractivity contribution in [3.63, 3.8) is 0 Å². The molecular formula is C20H16ClNO6S. The fourth-order valence-corrected chi connectivity index (χ4v) is 3.66. The maximum Gasteiger partial charge on any atom is 0.306 e. The lowest BCUT2D eigenvalue weighted by atomic mass is 10.1. The molecule has 0 aromatic heterocycles. The van der Waals surface area contributed by atoms with E-state index in [0.717, 1.165) is 16.7 Å². The van der Waals surface area contributed by atoms with Crippen LogP contribution in [0, 0.1) is 0 Å². The monoisotopic (exact) mass is 433 g/mol. The molecule has 3 rings (SSSR count). The van der Waals surface area contributed by atoms with Crippen LogP contribution in [0.2, 0.25) is 5.02 Å². The summed E-state index contributed by atoms with van der Waals surface area (Å²) in [5.41, 5.74) is 0.955. The van der Waals surface area contributed by atoms with E-state index in [2.05, 4.69) is 0 Å². The standard InChI is InChI=1S/C20H16ClNO6S/c1-27-16-10-12(6-7-15(16)28-9-8-18(23)24)11-17-19(25)22(20(26)29-17)14-5-3-2-4-13(14)21/h2-7,10-11H,8-9H2,1H3,(H,23,24)/b17-11+. The molecule has 9 heteroatoms. The first-order chi connectivity index (χ1) is 13.9. The number of hydrogen-bond donors (Lipinski definition) is 1. The van der Waals surface area contributed by atoms with Gasteiger partial charge in [-0.05, 0) is 47.7 Å². The normalized spacial score (nSPS) is 15.1. The minimum Gasteiger partial charge on any atom is -0.493 e. The van der Waals surface area contributed by atoms with E-state index in [-0.39, 0.29) is 17.9 Å². The summed E-state index contributed by atoms with van der Waals surface area (Å²) < 4.78 is 10.7. The smallest absolute Gasteiger partial charge is 0.306 e. The molecule has 2 aromatic carbocycles. The molecule has 7 nitrogen and oxygen atoms in total. The van der Waals surface area contributed by atoms with E-state index >= 15 is 0 Å². The number of benzene rings is 2. The maximum absolute atomic E-state index is 12.7. The summed E-state index contributed by atoms with van der Waals surface area (Å²) in [6.07, 6.45) is 1.44. The van der Waals surface area contributed by atoms with Crippen molar-refractivity contribution in [3.8, 4) is 11.5 Å². The SMILES string of the molecule is COc1cc(/C=C2/SC(=O)N(c3ccccc3Cl)C2=O)ccc1OCCC(=O)O. The van der Waals surface area contributed by atoms with Crippen molar-refractivity contribution >= 4 is 52.2 Å². The van der Waals surface area contributed by atoms with E-state index in [1.54, 1.807) is 48.5 Å². The number of halogens is 1. The Hall–Kier alpha value is -2.97. The second kappa shape index (κ2) is 9.02. The molecule has 1 heterocycles. The van der Waals surface area contributed by atoms with Gasteiger partial charge in [-0.25, -0.2) is 4.90 Å². The van der Waals surface area contributed by atoms with Crippen molar-refractivity contribution in [2.45, 2.75) is 6.42 Å². The third-order valence-corrected chi connectivity index (χ3v) is 5.14. The van der Waals surface area contributed by atoms with Crippen molar-refractivity contribution in [3.05, 3.63) is 58.0 Å². The zero-order valence-electron chi connectivity index (χ0n) is 15.3. The van der Waals surface area contributed by atoms with Gasteiger partial charge in [-0.2, -0.15) is 0 Å². The van der Waals surface area contributed by atoms with E-state index in [1.807, 2.05) is 0 Å². The van der Waals surface area contributed by atoms with Gasteiger partial charge in [0.15, 0.2) is 11.5 Å². The Morgan fingerprint density at radius 3 is 2.66 bits per heavy atom. The first-order valence-electron chi connectivity index (χ1n) is 8.46. The summed E-state index contributed by atoms with van der Waals surface area (Å²) in [5, 5.41) is 8.57. The van der Waals surface area contributed by atoms with E-state index in [4.69, 9.17) is 26.2 Å². The van der Waals surface area contributed by atoms with Crippen LogP contribution < -0.4 is 14.4 Å². The summed E-state index contributed by atoms with van der Waals surface area (Å²) in [6, 6.07) is 11.6. The summed E-state index contributed by atoms with van der Waals surface area (Å²) in [5.74, 6) is -0.659. The van der Waals surface area contributed by atoms with E-state index < -0.39 is 17.1 Å². The molecule has 0 atom stereocenters. The number of ether oxygens (including phenoxy) is 2. The average Bonchev–Trinajstić information content (AvgIpc) is 2.96. The first-order valence-corrected chi connectivity index (χ1v) is 9.65. The zero-order chi connectivity index (χ0) is 21.0. The number of thioether (sulfide) groups is 1.